The van der Waals surface area contributed by atoms with Crippen molar-refractivity contribution in [2.75, 3.05) is 6.61 Å². The second-order valence-corrected chi connectivity index (χ2v) is 8.41. The molecule has 3 aromatic rings. The topological polar surface area (TPSA) is 54.6 Å². The highest BCUT2D eigenvalue weighted by molar-refractivity contribution is 5.85. The summed E-state index contributed by atoms with van der Waals surface area (Å²) in [6.07, 6.45) is 4.59. The van der Waals surface area contributed by atoms with Crippen LogP contribution in [0.3, 0.4) is 0 Å². The second-order valence-electron chi connectivity index (χ2n) is 8.41. The van der Waals surface area contributed by atoms with Gasteiger partial charge in [-0.15, -0.1) is 0 Å². The first kappa shape index (κ1) is 18.8. The minimum atomic E-state index is -0.546. The number of rotatable bonds is 5. The van der Waals surface area contributed by atoms with Gasteiger partial charge in [0.1, 0.15) is 12.0 Å². The summed E-state index contributed by atoms with van der Waals surface area (Å²) in [6, 6.07) is 13.7. The van der Waals surface area contributed by atoms with E-state index in [0.29, 0.717) is 24.6 Å². The van der Waals surface area contributed by atoms with Gasteiger partial charge >= 0.3 is 0 Å². The quantitative estimate of drug-likeness (QED) is 0.678. The number of ether oxygens (including phenoxy) is 1. The van der Waals surface area contributed by atoms with Gasteiger partial charge in [0.25, 0.3) is 0 Å². The van der Waals surface area contributed by atoms with Crippen LogP contribution in [0.1, 0.15) is 54.5 Å². The summed E-state index contributed by atoms with van der Waals surface area (Å²) in [6.45, 7) is -0.138. The average molecular weight is 395 g/mol. The maximum atomic E-state index is 14.8. The molecule has 2 fully saturated rings. The molecule has 2 heterocycles. The summed E-state index contributed by atoms with van der Waals surface area (Å²) < 4.78 is 22.7. The molecular formula is C24H26FNO3. The van der Waals surface area contributed by atoms with Gasteiger partial charge in [-0.05, 0) is 54.0 Å². The van der Waals surface area contributed by atoms with E-state index in [2.05, 4.69) is 24.3 Å². The van der Waals surface area contributed by atoms with E-state index in [1.54, 1.807) is 6.07 Å². The SMILES string of the molecule is OC[C@@H]1C[C@H](O)C[C@H](n2cc(Cc3ccc(C4CC4)cc3)c3c(F)cccc32)O1. The Bertz CT molecular complexity index is 1010. The van der Waals surface area contributed by atoms with Crippen LogP contribution in [0, 0.1) is 5.82 Å². The van der Waals surface area contributed by atoms with Gasteiger partial charge < -0.3 is 19.5 Å². The smallest absolute Gasteiger partial charge is 0.136 e. The molecule has 0 spiro atoms. The minimum Gasteiger partial charge on any atom is -0.394 e. The van der Waals surface area contributed by atoms with Gasteiger partial charge in [0, 0.05) is 24.4 Å². The zero-order valence-corrected chi connectivity index (χ0v) is 16.3. The molecule has 1 saturated carbocycles. The predicted octanol–water partition coefficient (Wildman–Crippen LogP) is 4.28. The summed E-state index contributed by atoms with van der Waals surface area (Å²) in [5.41, 5.74) is 4.20. The summed E-state index contributed by atoms with van der Waals surface area (Å²) in [5.74, 6) is 0.471. The lowest BCUT2D eigenvalue weighted by atomic mass is 10.0. The molecule has 1 aromatic heterocycles. The Morgan fingerprint density at radius 3 is 2.59 bits per heavy atom. The monoisotopic (exact) mass is 395 g/mol. The number of nitrogens with zero attached hydrogens (tertiary/aromatic N) is 1. The summed E-state index contributed by atoms with van der Waals surface area (Å²) in [5, 5.41) is 20.3. The Balaban J connectivity index is 1.50. The molecule has 2 aliphatic rings. The number of aromatic nitrogens is 1. The van der Waals surface area contributed by atoms with E-state index < -0.39 is 18.4 Å². The van der Waals surface area contributed by atoms with Crippen molar-refractivity contribution in [3.05, 3.63) is 71.2 Å². The zero-order chi connectivity index (χ0) is 20.0. The first-order valence-corrected chi connectivity index (χ1v) is 10.4. The van der Waals surface area contributed by atoms with Crippen LogP contribution in [-0.2, 0) is 11.2 Å². The molecule has 0 amide bonds. The molecule has 29 heavy (non-hydrogen) atoms. The first-order chi connectivity index (χ1) is 14.1. The van der Waals surface area contributed by atoms with Crippen LogP contribution in [0.25, 0.3) is 10.9 Å². The molecule has 1 aliphatic carbocycles. The molecule has 4 nitrogen and oxygen atoms in total. The number of aliphatic hydroxyl groups is 2. The maximum absolute atomic E-state index is 14.8. The third-order valence-corrected chi connectivity index (χ3v) is 6.18. The fraction of sp³-hybridized carbons (Fsp3) is 0.417. The van der Waals surface area contributed by atoms with E-state index >= 15 is 0 Å². The van der Waals surface area contributed by atoms with Crippen molar-refractivity contribution in [2.45, 2.75) is 56.5 Å². The standard InChI is InChI=1S/C24H26FNO3/c25-21-2-1-3-22-24(21)18(10-15-4-6-16(7-5-15)17-8-9-17)13-26(22)23-12-19(28)11-20(14-27)29-23/h1-7,13,17,19-20,23,27-28H,8-12,14H2/t19-,20-,23+/m0/s1. The average Bonchev–Trinajstić information content (AvgIpc) is 3.50. The fourth-order valence-corrected chi connectivity index (χ4v) is 4.53. The van der Waals surface area contributed by atoms with E-state index in [1.807, 2.05) is 16.8 Å². The second kappa shape index (κ2) is 7.56. The zero-order valence-electron chi connectivity index (χ0n) is 16.3. The lowest BCUT2D eigenvalue weighted by Gasteiger charge is -2.33. The lowest BCUT2D eigenvalue weighted by molar-refractivity contribution is -0.140. The molecule has 1 aliphatic heterocycles. The van der Waals surface area contributed by atoms with Crippen molar-refractivity contribution >= 4 is 10.9 Å². The van der Waals surface area contributed by atoms with E-state index in [1.165, 1.54) is 24.5 Å². The van der Waals surface area contributed by atoms with E-state index in [4.69, 9.17) is 4.74 Å². The van der Waals surface area contributed by atoms with Gasteiger partial charge in [0.15, 0.2) is 0 Å². The number of fused-ring (bicyclic) bond motifs is 1. The Morgan fingerprint density at radius 1 is 1.07 bits per heavy atom. The van der Waals surface area contributed by atoms with Gasteiger partial charge in [0.05, 0.1) is 24.3 Å². The first-order valence-electron chi connectivity index (χ1n) is 10.4. The van der Waals surface area contributed by atoms with E-state index in [-0.39, 0.29) is 12.4 Å². The molecule has 152 valence electrons. The van der Waals surface area contributed by atoms with Crippen molar-refractivity contribution < 1.29 is 19.3 Å². The Hall–Kier alpha value is -2.21. The molecule has 0 unspecified atom stereocenters. The van der Waals surface area contributed by atoms with Crippen molar-refractivity contribution in [1.29, 1.82) is 0 Å². The number of hydrogen-bond donors (Lipinski definition) is 2. The lowest BCUT2D eigenvalue weighted by Crippen LogP contribution is -2.35. The highest BCUT2D eigenvalue weighted by Gasteiger charge is 2.30. The third kappa shape index (κ3) is 3.70. The normalized spacial score (nSPS) is 24.9. The van der Waals surface area contributed by atoms with Gasteiger partial charge in [0.2, 0.25) is 0 Å². The third-order valence-electron chi connectivity index (χ3n) is 6.18. The molecular weight excluding hydrogens is 369 g/mol. The molecule has 3 atom stereocenters. The van der Waals surface area contributed by atoms with Crippen LogP contribution < -0.4 is 0 Å². The summed E-state index contributed by atoms with van der Waals surface area (Å²) in [4.78, 5) is 0. The van der Waals surface area contributed by atoms with Crippen molar-refractivity contribution in [1.82, 2.24) is 4.57 Å². The van der Waals surface area contributed by atoms with Gasteiger partial charge in [-0.25, -0.2) is 4.39 Å². The molecule has 1 saturated heterocycles. The highest BCUT2D eigenvalue weighted by atomic mass is 19.1. The number of benzene rings is 2. The van der Waals surface area contributed by atoms with Gasteiger partial charge in [-0.1, -0.05) is 30.3 Å². The van der Waals surface area contributed by atoms with Gasteiger partial charge in [-0.3, -0.25) is 0 Å². The number of halogens is 1. The Labute approximate surface area is 169 Å². The van der Waals surface area contributed by atoms with E-state index in [0.717, 1.165) is 22.6 Å². The number of aliphatic hydroxyl groups excluding tert-OH is 2. The van der Waals surface area contributed by atoms with Crippen LogP contribution in [0.15, 0.2) is 48.7 Å². The minimum absolute atomic E-state index is 0.138. The number of hydrogen-bond acceptors (Lipinski definition) is 3. The van der Waals surface area contributed by atoms with Gasteiger partial charge in [-0.2, -0.15) is 0 Å². The Morgan fingerprint density at radius 2 is 1.86 bits per heavy atom. The Kier molecular flexibility index (Phi) is 4.90. The van der Waals surface area contributed by atoms with Crippen LogP contribution in [-0.4, -0.2) is 33.6 Å². The summed E-state index contributed by atoms with van der Waals surface area (Å²) in [7, 11) is 0. The molecule has 2 aromatic carbocycles. The maximum Gasteiger partial charge on any atom is 0.136 e. The van der Waals surface area contributed by atoms with E-state index in [9.17, 15) is 14.6 Å². The van der Waals surface area contributed by atoms with Crippen LogP contribution in [0.4, 0.5) is 4.39 Å². The largest absolute Gasteiger partial charge is 0.394 e. The van der Waals surface area contributed by atoms with Crippen molar-refractivity contribution in [3.63, 3.8) is 0 Å². The summed E-state index contributed by atoms with van der Waals surface area (Å²) >= 11 is 0. The van der Waals surface area contributed by atoms with Crippen molar-refractivity contribution in [3.8, 4) is 0 Å². The fourth-order valence-electron chi connectivity index (χ4n) is 4.53. The van der Waals surface area contributed by atoms with Crippen LogP contribution in [0.5, 0.6) is 0 Å². The molecule has 0 bridgehead atoms. The van der Waals surface area contributed by atoms with Crippen LogP contribution >= 0.6 is 0 Å². The van der Waals surface area contributed by atoms with Crippen molar-refractivity contribution in [2.24, 2.45) is 0 Å². The predicted molar refractivity (Wildman–Crippen MR) is 109 cm³/mol. The molecule has 2 N–H and O–H groups in total. The highest BCUT2D eigenvalue weighted by Crippen LogP contribution is 2.40. The molecule has 5 heteroatoms. The van der Waals surface area contributed by atoms with Crippen LogP contribution in [0.2, 0.25) is 0 Å². The molecule has 0 radical (unpaired) electrons. The molecule has 5 rings (SSSR count).